The molecule has 1 saturated heterocycles. The minimum Gasteiger partial charge on any atom is -0.341 e. The van der Waals surface area contributed by atoms with Crippen molar-refractivity contribution in [2.45, 2.75) is 52.0 Å². The minimum atomic E-state index is -0.664. The van der Waals surface area contributed by atoms with E-state index in [4.69, 9.17) is 5.26 Å². The molecule has 4 amide bonds. The maximum atomic E-state index is 12.8. The lowest BCUT2D eigenvalue weighted by Gasteiger charge is -2.34. The van der Waals surface area contributed by atoms with Crippen LogP contribution in [-0.2, 0) is 9.59 Å². The Kier molecular flexibility index (Phi) is 8.66. The third-order valence-electron chi connectivity index (χ3n) is 5.07. The van der Waals surface area contributed by atoms with Gasteiger partial charge in [0.1, 0.15) is 12.6 Å². The summed E-state index contributed by atoms with van der Waals surface area (Å²) in [7, 11) is 0. The van der Waals surface area contributed by atoms with Crippen molar-refractivity contribution in [1.82, 2.24) is 15.5 Å². The Balaban J connectivity index is 2.00. The van der Waals surface area contributed by atoms with Gasteiger partial charge in [0, 0.05) is 31.6 Å². The molecule has 1 fully saturated rings. The third kappa shape index (κ3) is 7.07. The Morgan fingerprint density at radius 3 is 2.53 bits per heavy atom. The first-order valence-electron chi connectivity index (χ1n) is 10.4. The zero-order valence-electron chi connectivity index (χ0n) is 17.9. The average molecular weight is 414 g/mol. The molecule has 2 rings (SSSR count). The second kappa shape index (κ2) is 11.2. The van der Waals surface area contributed by atoms with Gasteiger partial charge >= 0.3 is 6.03 Å². The van der Waals surface area contributed by atoms with Crippen LogP contribution in [0, 0.1) is 17.2 Å². The number of nitrogens with one attached hydrogen (secondary N) is 3. The molecular formula is C22H31N5O3. The topological polar surface area (TPSA) is 114 Å². The van der Waals surface area contributed by atoms with Crippen molar-refractivity contribution >= 4 is 23.5 Å². The van der Waals surface area contributed by atoms with E-state index < -0.39 is 6.04 Å². The van der Waals surface area contributed by atoms with E-state index in [1.54, 1.807) is 4.90 Å². The first kappa shape index (κ1) is 23.2. The van der Waals surface area contributed by atoms with Gasteiger partial charge in [0.25, 0.3) is 0 Å². The fraction of sp³-hybridized carbons (Fsp3) is 0.545. The summed E-state index contributed by atoms with van der Waals surface area (Å²) in [5, 5.41) is 16.8. The fourth-order valence-electron chi connectivity index (χ4n) is 3.67. The number of hydrogen-bond donors (Lipinski definition) is 3. The molecular weight excluding hydrogens is 382 g/mol. The van der Waals surface area contributed by atoms with Crippen LogP contribution in [0.1, 0.15) is 51.5 Å². The van der Waals surface area contributed by atoms with E-state index in [1.165, 1.54) is 6.92 Å². The van der Waals surface area contributed by atoms with Crippen LogP contribution in [0.25, 0.3) is 0 Å². The summed E-state index contributed by atoms with van der Waals surface area (Å²) in [6.45, 7) is 6.57. The standard InChI is InChI=1S/C22H31N5O3/c1-15(2)13-20(21(29)24-11-10-23)26-22(30)27-12-4-5-18(14-27)17-6-8-19(9-7-17)25-16(3)28/h6-9,15,18,20H,4-5,11-14H2,1-3H3,(H,24,29)(H,25,28)(H,26,30). The highest BCUT2D eigenvalue weighted by atomic mass is 16.2. The molecule has 0 saturated carbocycles. The molecule has 8 heteroatoms. The van der Waals surface area contributed by atoms with E-state index in [9.17, 15) is 14.4 Å². The molecule has 0 spiro atoms. The quantitative estimate of drug-likeness (QED) is 0.596. The van der Waals surface area contributed by atoms with Gasteiger partial charge in [0.05, 0.1) is 6.07 Å². The Bertz CT molecular complexity index is 785. The van der Waals surface area contributed by atoms with Crippen LogP contribution in [-0.4, -0.2) is 48.4 Å². The molecule has 2 atom stereocenters. The molecule has 8 nitrogen and oxygen atoms in total. The van der Waals surface area contributed by atoms with Crippen molar-refractivity contribution in [2.75, 3.05) is 25.0 Å². The van der Waals surface area contributed by atoms with E-state index in [-0.39, 0.29) is 36.2 Å². The van der Waals surface area contributed by atoms with Gasteiger partial charge in [-0.3, -0.25) is 9.59 Å². The SMILES string of the molecule is CC(=O)Nc1ccc(C2CCCN(C(=O)NC(CC(C)C)C(=O)NCC#N)C2)cc1. The molecule has 0 aromatic heterocycles. The summed E-state index contributed by atoms with van der Waals surface area (Å²) in [5.74, 6) is -0.0232. The molecule has 162 valence electrons. The lowest BCUT2D eigenvalue weighted by atomic mass is 9.90. The Labute approximate surface area is 178 Å². The van der Waals surface area contributed by atoms with Gasteiger partial charge in [-0.05, 0) is 42.9 Å². The second-order valence-corrected chi connectivity index (χ2v) is 8.10. The smallest absolute Gasteiger partial charge is 0.318 e. The molecule has 1 aliphatic heterocycles. The zero-order chi connectivity index (χ0) is 22.1. The van der Waals surface area contributed by atoms with E-state index >= 15 is 0 Å². The monoisotopic (exact) mass is 413 g/mol. The molecule has 0 bridgehead atoms. The van der Waals surface area contributed by atoms with Gasteiger partial charge in [0.15, 0.2) is 0 Å². The van der Waals surface area contributed by atoms with Crippen molar-refractivity contribution in [3.05, 3.63) is 29.8 Å². The number of nitriles is 1. The summed E-state index contributed by atoms with van der Waals surface area (Å²) >= 11 is 0. The second-order valence-electron chi connectivity index (χ2n) is 8.10. The van der Waals surface area contributed by atoms with Crippen molar-refractivity contribution in [3.63, 3.8) is 0 Å². The molecule has 0 aliphatic carbocycles. The highest BCUT2D eigenvalue weighted by molar-refractivity contribution is 5.88. The van der Waals surface area contributed by atoms with Crippen molar-refractivity contribution in [2.24, 2.45) is 5.92 Å². The van der Waals surface area contributed by atoms with Crippen LogP contribution in [0.4, 0.5) is 10.5 Å². The van der Waals surface area contributed by atoms with E-state index in [0.717, 1.165) is 24.1 Å². The van der Waals surface area contributed by atoms with Crippen LogP contribution < -0.4 is 16.0 Å². The number of likely N-dealkylation sites (tertiary alicyclic amines) is 1. The van der Waals surface area contributed by atoms with Gasteiger partial charge in [0.2, 0.25) is 11.8 Å². The normalized spacial score (nSPS) is 17.0. The van der Waals surface area contributed by atoms with Crippen molar-refractivity contribution < 1.29 is 14.4 Å². The van der Waals surface area contributed by atoms with E-state index in [2.05, 4.69) is 16.0 Å². The summed E-state index contributed by atoms with van der Waals surface area (Å²) in [4.78, 5) is 38.1. The third-order valence-corrected chi connectivity index (χ3v) is 5.07. The van der Waals surface area contributed by atoms with Crippen molar-refractivity contribution in [3.8, 4) is 6.07 Å². The van der Waals surface area contributed by atoms with E-state index in [0.29, 0.717) is 19.5 Å². The van der Waals surface area contributed by atoms with Gasteiger partial charge in [-0.15, -0.1) is 0 Å². The number of benzene rings is 1. The maximum absolute atomic E-state index is 12.8. The summed E-state index contributed by atoms with van der Waals surface area (Å²) < 4.78 is 0. The van der Waals surface area contributed by atoms with E-state index in [1.807, 2.05) is 44.2 Å². The van der Waals surface area contributed by atoms with Crippen LogP contribution in [0.15, 0.2) is 24.3 Å². The summed E-state index contributed by atoms with van der Waals surface area (Å²) in [5.41, 5.74) is 1.86. The number of amides is 4. The molecule has 3 N–H and O–H groups in total. The Morgan fingerprint density at radius 1 is 1.23 bits per heavy atom. The lowest BCUT2D eigenvalue weighted by molar-refractivity contribution is -0.123. The molecule has 30 heavy (non-hydrogen) atoms. The molecule has 1 aromatic rings. The minimum absolute atomic E-state index is 0.0798. The van der Waals surface area contributed by atoms with Gasteiger partial charge in [-0.25, -0.2) is 4.79 Å². The zero-order valence-corrected chi connectivity index (χ0v) is 17.9. The van der Waals surface area contributed by atoms with Crippen molar-refractivity contribution in [1.29, 1.82) is 5.26 Å². The number of urea groups is 1. The number of anilines is 1. The number of nitrogens with zero attached hydrogens (tertiary/aromatic N) is 2. The Morgan fingerprint density at radius 2 is 1.93 bits per heavy atom. The highest BCUT2D eigenvalue weighted by Gasteiger charge is 2.28. The average Bonchev–Trinajstić information content (AvgIpc) is 2.71. The summed E-state index contributed by atoms with van der Waals surface area (Å²) in [6.07, 6.45) is 2.35. The number of piperidine rings is 1. The number of hydrogen-bond acceptors (Lipinski definition) is 4. The number of rotatable bonds is 7. The Hall–Kier alpha value is -3.08. The molecule has 1 aliphatic rings. The van der Waals surface area contributed by atoms with Gasteiger partial charge < -0.3 is 20.9 Å². The molecule has 1 aromatic carbocycles. The fourth-order valence-corrected chi connectivity index (χ4v) is 3.67. The first-order chi connectivity index (χ1) is 14.3. The molecule has 2 unspecified atom stereocenters. The number of carbonyl (C=O) groups excluding carboxylic acids is 3. The van der Waals surface area contributed by atoms with Crippen LogP contribution >= 0.6 is 0 Å². The highest BCUT2D eigenvalue weighted by Crippen LogP contribution is 2.28. The van der Waals surface area contributed by atoms with Crippen LogP contribution in [0.3, 0.4) is 0 Å². The first-order valence-corrected chi connectivity index (χ1v) is 10.4. The van der Waals surface area contributed by atoms with Crippen LogP contribution in [0.2, 0.25) is 0 Å². The van der Waals surface area contributed by atoms with Gasteiger partial charge in [-0.1, -0.05) is 26.0 Å². The van der Waals surface area contributed by atoms with Crippen LogP contribution in [0.5, 0.6) is 0 Å². The largest absolute Gasteiger partial charge is 0.341 e. The predicted octanol–water partition coefficient (Wildman–Crippen LogP) is 2.59. The van der Waals surface area contributed by atoms with Gasteiger partial charge in [-0.2, -0.15) is 5.26 Å². The molecule has 1 heterocycles. The number of carbonyl (C=O) groups is 3. The summed E-state index contributed by atoms with van der Waals surface area (Å²) in [6, 6.07) is 8.66. The molecule has 0 radical (unpaired) electrons. The maximum Gasteiger partial charge on any atom is 0.318 e. The predicted molar refractivity (Wildman–Crippen MR) is 115 cm³/mol. The lowest BCUT2D eigenvalue weighted by Crippen LogP contribution is -2.53.